The highest BCUT2D eigenvalue weighted by Gasteiger charge is 2.36. The molecule has 0 atom stereocenters. The summed E-state index contributed by atoms with van der Waals surface area (Å²) in [5.74, 6) is -0.581. The second-order valence-corrected chi connectivity index (χ2v) is 9.28. The predicted molar refractivity (Wildman–Crippen MR) is 124 cm³/mol. The van der Waals surface area contributed by atoms with Crippen molar-refractivity contribution in [2.75, 3.05) is 19.1 Å². The van der Waals surface area contributed by atoms with Gasteiger partial charge in [-0.15, -0.1) is 0 Å². The first-order valence-electron chi connectivity index (χ1n) is 10.2. The fraction of sp³-hybridized carbons (Fsp3) is 0.160. The molecular formula is C25H22FNO5S. The van der Waals surface area contributed by atoms with Crippen molar-refractivity contribution in [3.63, 3.8) is 0 Å². The van der Waals surface area contributed by atoms with Crippen LogP contribution in [0.25, 0.3) is 0 Å². The lowest BCUT2D eigenvalue weighted by Gasteiger charge is -2.29. The Morgan fingerprint density at radius 3 is 2.27 bits per heavy atom. The highest BCUT2D eigenvalue weighted by Crippen LogP contribution is 2.41. The maximum Gasteiger partial charge on any atom is 0.214 e. The summed E-state index contributed by atoms with van der Waals surface area (Å²) in [6.07, 6.45) is 2.08. The molecule has 1 heterocycles. The van der Waals surface area contributed by atoms with E-state index in [4.69, 9.17) is 9.47 Å². The zero-order valence-electron chi connectivity index (χ0n) is 18.3. The summed E-state index contributed by atoms with van der Waals surface area (Å²) >= 11 is 0. The number of benzene rings is 3. The number of carbonyl (C=O) groups excluding carboxylic acids is 1. The van der Waals surface area contributed by atoms with Gasteiger partial charge < -0.3 is 14.4 Å². The van der Waals surface area contributed by atoms with Crippen LogP contribution in [-0.4, -0.2) is 28.4 Å². The van der Waals surface area contributed by atoms with E-state index in [1.165, 1.54) is 49.6 Å². The average molecular weight is 468 g/mol. The van der Waals surface area contributed by atoms with E-state index in [-0.39, 0.29) is 16.1 Å². The summed E-state index contributed by atoms with van der Waals surface area (Å²) in [5.41, 5.74) is 1.96. The van der Waals surface area contributed by atoms with Gasteiger partial charge in [0.25, 0.3) is 0 Å². The van der Waals surface area contributed by atoms with E-state index in [2.05, 4.69) is 0 Å². The molecular weight excluding hydrogens is 445 g/mol. The number of nitrogens with zero attached hydrogens (tertiary/aromatic N) is 1. The quantitative estimate of drug-likeness (QED) is 0.373. The van der Waals surface area contributed by atoms with E-state index in [1.807, 2.05) is 19.1 Å². The SMILES string of the molecule is CCc1ccc(N2C=C(C(=O)c3ccc(OC)c(OC)c3)S(=O)(=O)c3ccc(F)cc32)cc1. The van der Waals surface area contributed by atoms with Crippen LogP contribution in [-0.2, 0) is 16.3 Å². The number of aryl methyl sites for hydroxylation is 1. The van der Waals surface area contributed by atoms with Gasteiger partial charge in [0.05, 0.1) is 24.8 Å². The highest BCUT2D eigenvalue weighted by atomic mass is 32.2. The van der Waals surface area contributed by atoms with Crippen LogP contribution >= 0.6 is 0 Å². The van der Waals surface area contributed by atoms with Gasteiger partial charge in [0.2, 0.25) is 15.6 Å². The minimum atomic E-state index is -4.20. The van der Waals surface area contributed by atoms with Gasteiger partial charge in [-0.05, 0) is 60.5 Å². The summed E-state index contributed by atoms with van der Waals surface area (Å²) < 4.78 is 51.3. The second-order valence-electron chi connectivity index (χ2n) is 7.40. The van der Waals surface area contributed by atoms with Gasteiger partial charge >= 0.3 is 0 Å². The fourth-order valence-corrected chi connectivity index (χ4v) is 5.21. The molecule has 3 aromatic rings. The molecule has 4 rings (SSSR count). The number of hydrogen-bond acceptors (Lipinski definition) is 6. The standard InChI is InChI=1S/C25H22FNO5S/c1-4-16-5-9-19(10-6-16)27-15-24(33(29,30)23-12-8-18(26)14-20(23)27)25(28)17-7-11-21(31-2)22(13-17)32-3/h5-15H,4H2,1-3H3. The van der Waals surface area contributed by atoms with Gasteiger partial charge in [-0.2, -0.15) is 0 Å². The minimum Gasteiger partial charge on any atom is -0.493 e. The van der Waals surface area contributed by atoms with Crippen LogP contribution in [0.3, 0.4) is 0 Å². The lowest BCUT2D eigenvalue weighted by Crippen LogP contribution is -2.26. The molecule has 0 N–H and O–H groups in total. The molecule has 0 unspecified atom stereocenters. The Balaban J connectivity index is 1.89. The molecule has 0 aliphatic carbocycles. The van der Waals surface area contributed by atoms with Crippen molar-refractivity contribution in [1.29, 1.82) is 0 Å². The first-order chi connectivity index (χ1) is 15.8. The Kier molecular flexibility index (Phi) is 5.95. The van der Waals surface area contributed by atoms with Crippen LogP contribution < -0.4 is 14.4 Å². The number of Topliss-reactive ketones (excluding diaryl/α,β-unsaturated/α-hetero) is 1. The van der Waals surface area contributed by atoms with Crippen LogP contribution in [0.1, 0.15) is 22.8 Å². The fourth-order valence-electron chi connectivity index (χ4n) is 3.69. The van der Waals surface area contributed by atoms with Crippen molar-refractivity contribution < 1.29 is 27.1 Å². The average Bonchev–Trinajstić information content (AvgIpc) is 2.83. The third-order valence-electron chi connectivity index (χ3n) is 5.50. The van der Waals surface area contributed by atoms with Crippen LogP contribution in [0.4, 0.5) is 15.8 Å². The van der Waals surface area contributed by atoms with Crippen molar-refractivity contribution >= 4 is 27.0 Å². The number of allylic oxidation sites excluding steroid dienone is 1. The van der Waals surface area contributed by atoms with Gasteiger partial charge in [-0.1, -0.05) is 19.1 Å². The third kappa shape index (κ3) is 3.98. The molecule has 1 aliphatic heterocycles. The van der Waals surface area contributed by atoms with Crippen LogP contribution in [0.5, 0.6) is 11.5 Å². The number of hydrogen-bond donors (Lipinski definition) is 0. The summed E-state index contributed by atoms with van der Waals surface area (Å²) in [4.78, 5) is 14.3. The van der Waals surface area contributed by atoms with Gasteiger partial charge in [0, 0.05) is 17.5 Å². The number of anilines is 2. The molecule has 0 aromatic heterocycles. The minimum absolute atomic E-state index is 0.120. The smallest absolute Gasteiger partial charge is 0.214 e. The zero-order valence-corrected chi connectivity index (χ0v) is 19.1. The van der Waals surface area contributed by atoms with E-state index >= 15 is 0 Å². The van der Waals surface area contributed by atoms with Gasteiger partial charge in [0.1, 0.15) is 10.7 Å². The molecule has 0 saturated carbocycles. The molecule has 1 aliphatic rings. The number of halogens is 1. The number of methoxy groups -OCH3 is 2. The normalized spacial score (nSPS) is 14.3. The Morgan fingerprint density at radius 2 is 1.64 bits per heavy atom. The molecule has 0 fully saturated rings. The van der Waals surface area contributed by atoms with Crippen LogP contribution in [0, 0.1) is 5.82 Å². The van der Waals surface area contributed by atoms with E-state index in [0.717, 1.165) is 24.1 Å². The number of fused-ring (bicyclic) bond motifs is 1. The monoisotopic (exact) mass is 467 g/mol. The number of carbonyl (C=O) groups is 1. The van der Waals surface area contributed by atoms with Crippen molar-refractivity contribution in [2.45, 2.75) is 18.2 Å². The molecule has 0 radical (unpaired) electrons. The predicted octanol–water partition coefficient (Wildman–Crippen LogP) is 5.06. The first-order valence-corrected chi connectivity index (χ1v) is 11.7. The Labute approximate surface area is 191 Å². The number of sulfone groups is 1. The lowest BCUT2D eigenvalue weighted by atomic mass is 10.1. The number of ketones is 1. The van der Waals surface area contributed by atoms with Gasteiger partial charge in [-0.3, -0.25) is 4.79 Å². The molecule has 6 nitrogen and oxygen atoms in total. The summed E-state index contributed by atoms with van der Waals surface area (Å²) in [5, 5.41) is 0. The van der Waals surface area contributed by atoms with Crippen molar-refractivity contribution in [2.24, 2.45) is 0 Å². The molecule has 8 heteroatoms. The molecule has 33 heavy (non-hydrogen) atoms. The Morgan fingerprint density at radius 1 is 0.939 bits per heavy atom. The molecule has 170 valence electrons. The van der Waals surface area contributed by atoms with E-state index in [0.29, 0.717) is 17.2 Å². The summed E-state index contributed by atoms with van der Waals surface area (Å²) in [6.45, 7) is 2.02. The Bertz CT molecular complexity index is 1360. The molecule has 0 amide bonds. The summed E-state index contributed by atoms with van der Waals surface area (Å²) in [6, 6.07) is 15.3. The molecule has 0 saturated heterocycles. The van der Waals surface area contributed by atoms with Crippen LogP contribution in [0.15, 0.2) is 76.7 Å². The zero-order chi connectivity index (χ0) is 23.8. The van der Waals surface area contributed by atoms with Crippen molar-refractivity contribution in [1.82, 2.24) is 0 Å². The second kappa shape index (κ2) is 8.71. The van der Waals surface area contributed by atoms with Gasteiger partial charge in [-0.25, -0.2) is 12.8 Å². The van der Waals surface area contributed by atoms with E-state index in [1.54, 1.807) is 12.1 Å². The largest absolute Gasteiger partial charge is 0.493 e. The topological polar surface area (TPSA) is 72.9 Å². The van der Waals surface area contributed by atoms with Crippen molar-refractivity contribution in [3.8, 4) is 11.5 Å². The summed E-state index contributed by atoms with van der Waals surface area (Å²) in [7, 11) is -1.32. The maximum atomic E-state index is 14.1. The van der Waals surface area contributed by atoms with E-state index in [9.17, 15) is 17.6 Å². The number of rotatable bonds is 6. The van der Waals surface area contributed by atoms with Crippen LogP contribution in [0.2, 0.25) is 0 Å². The highest BCUT2D eigenvalue weighted by molar-refractivity contribution is 7.96. The Hall–Kier alpha value is -3.65. The molecule has 3 aromatic carbocycles. The maximum absolute atomic E-state index is 14.1. The molecule has 0 spiro atoms. The molecule has 0 bridgehead atoms. The number of ether oxygens (including phenoxy) is 2. The van der Waals surface area contributed by atoms with Crippen molar-refractivity contribution in [3.05, 3.63) is 88.7 Å². The first kappa shape index (κ1) is 22.5. The lowest BCUT2D eigenvalue weighted by molar-refractivity contribution is 0.104. The third-order valence-corrected chi connectivity index (χ3v) is 7.29. The van der Waals surface area contributed by atoms with Gasteiger partial charge in [0.15, 0.2) is 11.5 Å². The van der Waals surface area contributed by atoms with E-state index < -0.39 is 26.3 Å².